The molecule has 0 saturated heterocycles. The maximum absolute atomic E-state index is 12.9. The number of aryl methyl sites for hydroxylation is 2. The predicted octanol–water partition coefficient (Wildman–Crippen LogP) is 2.43. The van der Waals surface area contributed by atoms with E-state index in [9.17, 15) is 8.42 Å². The van der Waals surface area contributed by atoms with E-state index < -0.39 is 10.0 Å². The highest BCUT2D eigenvalue weighted by Crippen LogP contribution is 2.40. The summed E-state index contributed by atoms with van der Waals surface area (Å²) in [5, 5.41) is 4.00. The molecule has 8 nitrogen and oxygen atoms in total. The monoisotopic (exact) mass is 373 g/mol. The highest BCUT2D eigenvalue weighted by molar-refractivity contribution is 7.89. The van der Waals surface area contributed by atoms with Gasteiger partial charge in [-0.25, -0.2) is 13.1 Å². The Kier molecular flexibility index (Phi) is 4.12. The van der Waals surface area contributed by atoms with Crippen LogP contribution in [0.1, 0.15) is 41.5 Å². The lowest BCUT2D eigenvalue weighted by Crippen LogP contribution is -2.24. The smallest absolute Gasteiger partial charge is 0.261 e. The van der Waals surface area contributed by atoms with Gasteiger partial charge in [0, 0.05) is 36.2 Å². The average molecular weight is 373 g/mol. The second-order valence-electron chi connectivity index (χ2n) is 6.50. The van der Waals surface area contributed by atoms with Gasteiger partial charge in [-0.1, -0.05) is 11.2 Å². The number of nitrogens with zero attached hydrogens (tertiary/aromatic N) is 3. The highest BCUT2D eigenvalue weighted by atomic mass is 32.2. The lowest BCUT2D eigenvalue weighted by atomic mass is 10.2. The Balaban J connectivity index is 1.68. The second kappa shape index (κ2) is 6.33. The Labute approximate surface area is 151 Å². The summed E-state index contributed by atoms with van der Waals surface area (Å²) in [6, 6.07) is 3.57. The summed E-state index contributed by atoms with van der Waals surface area (Å²) >= 11 is 0. The van der Waals surface area contributed by atoms with Gasteiger partial charge >= 0.3 is 0 Å². The summed E-state index contributed by atoms with van der Waals surface area (Å²) < 4.78 is 33.9. The van der Waals surface area contributed by atoms with E-state index in [-0.39, 0.29) is 17.3 Å². The van der Waals surface area contributed by atoms with Crippen LogP contribution in [-0.2, 0) is 16.6 Å². The summed E-state index contributed by atoms with van der Waals surface area (Å²) in [4.78, 5) is 11.6. The second-order valence-corrected chi connectivity index (χ2v) is 8.20. The van der Waals surface area contributed by atoms with Gasteiger partial charge in [-0.2, -0.15) is 4.98 Å². The standard InChI is InChI=1S/C17H19N5O3S/c1-10-14(17-21-16(22-25-17)13-5-6-13)15(11(2)20-10)26(23,24)19-9-12-4-3-7-18-8-12/h3-4,7-8,13,19-20H,5-6,9H2,1-2H3. The van der Waals surface area contributed by atoms with Crippen LogP contribution in [0.2, 0.25) is 0 Å². The normalized spacial score (nSPS) is 14.7. The molecule has 3 aromatic heterocycles. The molecular weight excluding hydrogens is 354 g/mol. The van der Waals surface area contributed by atoms with E-state index in [2.05, 4.69) is 24.8 Å². The molecule has 0 aliphatic heterocycles. The molecule has 0 atom stereocenters. The van der Waals surface area contributed by atoms with E-state index >= 15 is 0 Å². The van der Waals surface area contributed by atoms with Crippen molar-refractivity contribution < 1.29 is 12.9 Å². The van der Waals surface area contributed by atoms with E-state index in [1.165, 1.54) is 0 Å². The lowest BCUT2D eigenvalue weighted by molar-refractivity contribution is 0.421. The first-order valence-corrected chi connectivity index (χ1v) is 9.85. The van der Waals surface area contributed by atoms with Crippen LogP contribution in [0.25, 0.3) is 11.5 Å². The van der Waals surface area contributed by atoms with Crippen molar-refractivity contribution in [1.29, 1.82) is 0 Å². The number of pyridine rings is 1. The molecule has 26 heavy (non-hydrogen) atoms. The molecule has 2 N–H and O–H groups in total. The molecule has 0 radical (unpaired) electrons. The summed E-state index contributed by atoms with van der Waals surface area (Å²) in [5.41, 5.74) is 2.41. The topological polar surface area (TPSA) is 114 Å². The average Bonchev–Trinajstić information content (AvgIpc) is 3.27. The van der Waals surface area contributed by atoms with Crippen molar-refractivity contribution in [2.45, 2.75) is 44.0 Å². The van der Waals surface area contributed by atoms with E-state index in [0.717, 1.165) is 18.4 Å². The zero-order valence-electron chi connectivity index (χ0n) is 14.5. The predicted molar refractivity (Wildman–Crippen MR) is 93.8 cm³/mol. The molecular formula is C17H19N5O3S. The van der Waals surface area contributed by atoms with Crippen molar-refractivity contribution in [2.24, 2.45) is 0 Å². The summed E-state index contributed by atoms with van der Waals surface area (Å²) in [6.07, 6.45) is 5.35. The maximum atomic E-state index is 12.9. The fraction of sp³-hybridized carbons (Fsp3) is 0.353. The van der Waals surface area contributed by atoms with Gasteiger partial charge in [-0.05, 0) is 38.3 Å². The van der Waals surface area contributed by atoms with Crippen molar-refractivity contribution in [3.8, 4) is 11.5 Å². The van der Waals surface area contributed by atoms with Gasteiger partial charge in [-0.3, -0.25) is 4.98 Å². The van der Waals surface area contributed by atoms with Crippen molar-refractivity contribution in [3.63, 3.8) is 0 Å². The Morgan fingerprint density at radius 2 is 2.12 bits per heavy atom. The quantitative estimate of drug-likeness (QED) is 0.686. The van der Waals surface area contributed by atoms with Gasteiger partial charge in [0.25, 0.3) is 5.89 Å². The molecule has 3 heterocycles. The first-order chi connectivity index (χ1) is 12.5. The van der Waals surface area contributed by atoms with Gasteiger partial charge in [0.05, 0.1) is 5.56 Å². The van der Waals surface area contributed by atoms with E-state index in [4.69, 9.17) is 4.52 Å². The highest BCUT2D eigenvalue weighted by Gasteiger charge is 2.32. The molecule has 0 bridgehead atoms. The summed E-state index contributed by atoms with van der Waals surface area (Å²) in [7, 11) is -3.78. The molecule has 1 fully saturated rings. The number of sulfonamides is 1. The molecule has 3 aromatic rings. The third-order valence-corrected chi connectivity index (χ3v) is 5.95. The van der Waals surface area contributed by atoms with Crippen molar-refractivity contribution in [1.82, 2.24) is 24.8 Å². The molecule has 0 unspecified atom stereocenters. The first kappa shape index (κ1) is 16.9. The molecule has 0 amide bonds. The largest absolute Gasteiger partial charge is 0.361 e. The van der Waals surface area contributed by atoms with E-state index in [1.54, 1.807) is 32.3 Å². The zero-order chi connectivity index (χ0) is 18.3. The van der Waals surface area contributed by atoms with Gasteiger partial charge in [0.15, 0.2) is 5.82 Å². The number of aromatic amines is 1. The van der Waals surface area contributed by atoms with Crippen LogP contribution in [0.3, 0.4) is 0 Å². The molecule has 136 valence electrons. The Bertz CT molecular complexity index is 1040. The van der Waals surface area contributed by atoms with Crippen LogP contribution in [-0.4, -0.2) is 28.5 Å². The minimum atomic E-state index is -3.78. The SMILES string of the molecule is Cc1[nH]c(C)c(S(=O)(=O)NCc2cccnc2)c1-c1nc(C2CC2)no1. The minimum Gasteiger partial charge on any atom is -0.361 e. The molecule has 1 aliphatic carbocycles. The fourth-order valence-electron chi connectivity index (χ4n) is 2.95. The third-order valence-electron chi connectivity index (χ3n) is 4.37. The van der Waals surface area contributed by atoms with Crippen LogP contribution < -0.4 is 4.72 Å². The Morgan fingerprint density at radius 3 is 2.81 bits per heavy atom. The van der Waals surface area contributed by atoms with E-state index in [0.29, 0.717) is 28.7 Å². The fourth-order valence-corrected chi connectivity index (χ4v) is 4.41. The van der Waals surface area contributed by atoms with Crippen LogP contribution in [0, 0.1) is 13.8 Å². The number of rotatable bonds is 6. The number of nitrogens with one attached hydrogen (secondary N) is 2. The summed E-state index contributed by atoms with van der Waals surface area (Å²) in [5.74, 6) is 1.21. The molecule has 4 rings (SSSR count). The minimum absolute atomic E-state index is 0.143. The van der Waals surface area contributed by atoms with Gasteiger partial charge in [-0.15, -0.1) is 0 Å². The molecule has 0 aromatic carbocycles. The number of hydrogen-bond donors (Lipinski definition) is 2. The Hall–Kier alpha value is -2.52. The van der Waals surface area contributed by atoms with Crippen LogP contribution in [0.4, 0.5) is 0 Å². The number of hydrogen-bond acceptors (Lipinski definition) is 6. The van der Waals surface area contributed by atoms with Gasteiger partial charge in [0.1, 0.15) is 4.90 Å². The molecule has 0 spiro atoms. The Morgan fingerprint density at radius 1 is 1.31 bits per heavy atom. The molecule has 1 saturated carbocycles. The van der Waals surface area contributed by atoms with Crippen LogP contribution in [0.15, 0.2) is 33.9 Å². The lowest BCUT2D eigenvalue weighted by Gasteiger charge is -2.08. The van der Waals surface area contributed by atoms with Crippen molar-refractivity contribution >= 4 is 10.0 Å². The van der Waals surface area contributed by atoms with Crippen LogP contribution in [0.5, 0.6) is 0 Å². The molecule has 1 aliphatic rings. The van der Waals surface area contributed by atoms with Crippen LogP contribution >= 0.6 is 0 Å². The zero-order valence-corrected chi connectivity index (χ0v) is 15.3. The van der Waals surface area contributed by atoms with Crippen molar-refractivity contribution in [3.05, 3.63) is 47.3 Å². The number of H-pyrrole nitrogens is 1. The maximum Gasteiger partial charge on any atom is 0.261 e. The first-order valence-electron chi connectivity index (χ1n) is 8.37. The third kappa shape index (κ3) is 3.15. The van der Waals surface area contributed by atoms with Crippen molar-refractivity contribution in [2.75, 3.05) is 0 Å². The summed E-state index contributed by atoms with van der Waals surface area (Å²) in [6.45, 7) is 3.66. The van der Waals surface area contributed by atoms with Gasteiger partial charge in [0.2, 0.25) is 10.0 Å². The van der Waals surface area contributed by atoms with Gasteiger partial charge < -0.3 is 9.51 Å². The molecule has 9 heteroatoms. The van der Waals surface area contributed by atoms with E-state index in [1.807, 2.05) is 6.07 Å². The number of aromatic nitrogens is 4.